The van der Waals surface area contributed by atoms with Crippen LogP contribution in [0.15, 0.2) is 12.1 Å². The maximum Gasteiger partial charge on any atom is 0.226 e. The number of aryl methyl sites for hydroxylation is 1. The summed E-state index contributed by atoms with van der Waals surface area (Å²) >= 11 is 0. The molecule has 1 rings (SSSR count). The van der Waals surface area contributed by atoms with E-state index in [1.54, 1.807) is 7.11 Å². The Kier molecular flexibility index (Phi) is 5.16. The maximum atomic E-state index is 11.5. The molecular weight excluding hydrogens is 230 g/mol. The molecule has 1 aromatic rings. The van der Waals surface area contributed by atoms with Crippen molar-refractivity contribution in [2.75, 3.05) is 19.0 Å². The van der Waals surface area contributed by atoms with Crippen molar-refractivity contribution in [1.82, 2.24) is 0 Å². The van der Waals surface area contributed by atoms with Gasteiger partial charge in [0.1, 0.15) is 5.75 Å². The topological polar surface area (TPSA) is 58.6 Å². The first-order valence-corrected chi connectivity index (χ1v) is 6.08. The van der Waals surface area contributed by atoms with Gasteiger partial charge < -0.3 is 15.2 Å². The number of aliphatic hydroxyl groups excluding tert-OH is 1. The summed E-state index contributed by atoms with van der Waals surface area (Å²) in [6.07, 6.45) is 0.114. The van der Waals surface area contributed by atoms with E-state index in [1.807, 2.05) is 19.1 Å². The molecule has 0 aromatic heterocycles. The van der Waals surface area contributed by atoms with E-state index in [2.05, 4.69) is 19.2 Å². The third kappa shape index (κ3) is 3.47. The van der Waals surface area contributed by atoms with Gasteiger partial charge in [-0.25, -0.2) is 0 Å². The molecule has 0 aliphatic rings. The average molecular weight is 251 g/mol. The first-order valence-electron chi connectivity index (χ1n) is 6.08. The normalized spacial score (nSPS) is 10.6. The Morgan fingerprint density at radius 3 is 2.61 bits per heavy atom. The lowest BCUT2D eigenvalue weighted by atomic mass is 9.99. The second-order valence-corrected chi connectivity index (χ2v) is 4.59. The van der Waals surface area contributed by atoms with Crippen LogP contribution in [-0.4, -0.2) is 24.7 Å². The van der Waals surface area contributed by atoms with Crippen molar-refractivity contribution in [1.29, 1.82) is 0 Å². The monoisotopic (exact) mass is 251 g/mol. The molecule has 2 N–H and O–H groups in total. The van der Waals surface area contributed by atoms with Gasteiger partial charge in [-0.15, -0.1) is 0 Å². The summed E-state index contributed by atoms with van der Waals surface area (Å²) in [7, 11) is 1.64. The van der Waals surface area contributed by atoms with Gasteiger partial charge in [0.25, 0.3) is 0 Å². The lowest BCUT2D eigenvalue weighted by molar-refractivity contribution is -0.116. The van der Waals surface area contributed by atoms with Crippen LogP contribution >= 0.6 is 0 Å². The Morgan fingerprint density at radius 2 is 2.11 bits per heavy atom. The molecule has 4 heteroatoms. The molecule has 0 aliphatic heterocycles. The number of rotatable bonds is 5. The van der Waals surface area contributed by atoms with Gasteiger partial charge in [-0.05, 0) is 36.1 Å². The third-order valence-corrected chi connectivity index (χ3v) is 2.81. The molecule has 0 unspecified atom stereocenters. The SMILES string of the molecule is COc1cc(C)c(NC(=O)CCO)cc1C(C)C. The molecule has 1 aromatic carbocycles. The standard InChI is InChI=1S/C14H21NO3/c1-9(2)11-8-12(15-14(17)5-6-16)10(3)7-13(11)18-4/h7-9,16H,5-6H2,1-4H3,(H,15,17). The second kappa shape index (κ2) is 6.40. The van der Waals surface area contributed by atoms with Crippen LogP contribution in [0.4, 0.5) is 5.69 Å². The summed E-state index contributed by atoms with van der Waals surface area (Å²) in [6.45, 7) is 5.93. The lowest BCUT2D eigenvalue weighted by Gasteiger charge is -2.16. The molecule has 0 fully saturated rings. The lowest BCUT2D eigenvalue weighted by Crippen LogP contribution is -2.14. The summed E-state index contributed by atoms with van der Waals surface area (Å²) in [5.41, 5.74) is 2.78. The zero-order valence-corrected chi connectivity index (χ0v) is 11.4. The molecule has 0 heterocycles. The Labute approximate surface area is 108 Å². The third-order valence-electron chi connectivity index (χ3n) is 2.81. The highest BCUT2D eigenvalue weighted by Gasteiger charge is 2.12. The van der Waals surface area contributed by atoms with Crippen molar-refractivity contribution in [3.8, 4) is 5.75 Å². The van der Waals surface area contributed by atoms with Gasteiger partial charge in [-0.2, -0.15) is 0 Å². The van der Waals surface area contributed by atoms with Gasteiger partial charge >= 0.3 is 0 Å². The number of methoxy groups -OCH3 is 1. The number of nitrogens with one attached hydrogen (secondary N) is 1. The largest absolute Gasteiger partial charge is 0.496 e. The number of amides is 1. The molecule has 0 saturated heterocycles. The number of anilines is 1. The van der Waals surface area contributed by atoms with Gasteiger partial charge in [0.15, 0.2) is 0 Å². The number of hydrogen-bond donors (Lipinski definition) is 2. The van der Waals surface area contributed by atoms with E-state index >= 15 is 0 Å². The van der Waals surface area contributed by atoms with Crippen molar-refractivity contribution < 1.29 is 14.6 Å². The summed E-state index contributed by atoms with van der Waals surface area (Å²) in [4.78, 5) is 11.5. The quantitative estimate of drug-likeness (QED) is 0.845. The highest BCUT2D eigenvalue weighted by atomic mass is 16.5. The van der Waals surface area contributed by atoms with Crippen molar-refractivity contribution >= 4 is 11.6 Å². The van der Waals surface area contributed by atoms with E-state index in [4.69, 9.17) is 9.84 Å². The average Bonchev–Trinajstić information content (AvgIpc) is 2.31. The minimum atomic E-state index is -0.180. The number of aliphatic hydroxyl groups is 1. The number of ether oxygens (including phenoxy) is 1. The summed E-state index contributed by atoms with van der Waals surface area (Å²) in [5.74, 6) is 0.970. The van der Waals surface area contributed by atoms with Crippen LogP contribution in [0, 0.1) is 6.92 Å². The Balaban J connectivity index is 3.05. The Morgan fingerprint density at radius 1 is 1.44 bits per heavy atom. The fraction of sp³-hybridized carbons (Fsp3) is 0.500. The molecule has 0 atom stereocenters. The fourth-order valence-electron chi connectivity index (χ4n) is 1.78. The number of hydrogen-bond acceptors (Lipinski definition) is 3. The van der Waals surface area contributed by atoms with Gasteiger partial charge in [-0.3, -0.25) is 4.79 Å². The second-order valence-electron chi connectivity index (χ2n) is 4.59. The van der Waals surface area contributed by atoms with Crippen LogP contribution < -0.4 is 10.1 Å². The van der Waals surface area contributed by atoms with E-state index < -0.39 is 0 Å². The van der Waals surface area contributed by atoms with E-state index in [-0.39, 0.29) is 18.9 Å². The minimum absolute atomic E-state index is 0.114. The zero-order valence-electron chi connectivity index (χ0n) is 11.4. The van der Waals surface area contributed by atoms with E-state index in [1.165, 1.54) is 0 Å². The molecule has 18 heavy (non-hydrogen) atoms. The fourth-order valence-corrected chi connectivity index (χ4v) is 1.78. The van der Waals surface area contributed by atoms with Gasteiger partial charge in [0, 0.05) is 5.69 Å². The molecular formula is C14H21NO3. The molecule has 0 bridgehead atoms. The summed E-state index contributed by atoms with van der Waals surface area (Å²) in [6, 6.07) is 3.86. The molecule has 0 saturated carbocycles. The van der Waals surface area contributed by atoms with Crippen LogP contribution in [0.5, 0.6) is 5.75 Å². The molecule has 0 aliphatic carbocycles. The highest BCUT2D eigenvalue weighted by molar-refractivity contribution is 5.91. The molecule has 0 radical (unpaired) electrons. The molecule has 4 nitrogen and oxygen atoms in total. The summed E-state index contributed by atoms with van der Waals surface area (Å²) in [5, 5.41) is 11.5. The van der Waals surface area contributed by atoms with E-state index in [0.717, 1.165) is 22.6 Å². The zero-order chi connectivity index (χ0) is 13.7. The maximum absolute atomic E-state index is 11.5. The van der Waals surface area contributed by atoms with Crippen LogP contribution in [0.2, 0.25) is 0 Å². The molecule has 0 spiro atoms. The Bertz CT molecular complexity index is 427. The van der Waals surface area contributed by atoms with Crippen molar-refractivity contribution in [3.05, 3.63) is 23.3 Å². The summed E-state index contributed by atoms with van der Waals surface area (Å²) < 4.78 is 5.34. The molecule has 100 valence electrons. The van der Waals surface area contributed by atoms with E-state index in [0.29, 0.717) is 5.92 Å². The van der Waals surface area contributed by atoms with Crippen LogP contribution in [-0.2, 0) is 4.79 Å². The van der Waals surface area contributed by atoms with Gasteiger partial charge in [-0.1, -0.05) is 13.8 Å². The number of carbonyl (C=O) groups excluding carboxylic acids is 1. The van der Waals surface area contributed by atoms with Crippen LogP contribution in [0.25, 0.3) is 0 Å². The van der Waals surface area contributed by atoms with Gasteiger partial charge in [0.2, 0.25) is 5.91 Å². The predicted molar refractivity (Wildman–Crippen MR) is 72.2 cm³/mol. The van der Waals surface area contributed by atoms with Crippen LogP contribution in [0.1, 0.15) is 37.3 Å². The minimum Gasteiger partial charge on any atom is -0.496 e. The predicted octanol–water partition coefficient (Wildman–Crippen LogP) is 2.45. The van der Waals surface area contributed by atoms with Crippen LogP contribution in [0.3, 0.4) is 0 Å². The Hall–Kier alpha value is -1.55. The first-order chi connectivity index (χ1) is 8.49. The van der Waals surface area contributed by atoms with Gasteiger partial charge in [0.05, 0.1) is 20.1 Å². The smallest absolute Gasteiger partial charge is 0.226 e. The van der Waals surface area contributed by atoms with Crippen molar-refractivity contribution in [2.45, 2.75) is 33.1 Å². The molecule has 1 amide bonds. The number of carbonyl (C=O) groups is 1. The van der Waals surface area contributed by atoms with E-state index in [9.17, 15) is 4.79 Å². The highest BCUT2D eigenvalue weighted by Crippen LogP contribution is 2.31. The number of benzene rings is 1. The van der Waals surface area contributed by atoms with Crippen molar-refractivity contribution in [2.24, 2.45) is 0 Å². The first kappa shape index (κ1) is 14.5. The van der Waals surface area contributed by atoms with Crippen molar-refractivity contribution in [3.63, 3.8) is 0 Å².